The van der Waals surface area contributed by atoms with E-state index in [1.165, 1.54) is 7.11 Å². The highest BCUT2D eigenvalue weighted by Crippen LogP contribution is 2.18. The molecule has 0 aliphatic rings. The number of nitrogens with zero attached hydrogens (tertiary/aromatic N) is 6. The van der Waals surface area contributed by atoms with Crippen LogP contribution in [0.5, 0.6) is 6.01 Å². The van der Waals surface area contributed by atoms with E-state index in [1.54, 1.807) is 22.7 Å². The van der Waals surface area contributed by atoms with Crippen LogP contribution in [0.2, 0.25) is 0 Å². The number of aryl methyl sites for hydroxylation is 1. The van der Waals surface area contributed by atoms with E-state index < -0.39 is 0 Å². The van der Waals surface area contributed by atoms with Gasteiger partial charge in [-0.15, -0.1) is 0 Å². The minimum Gasteiger partial charge on any atom is -0.467 e. The van der Waals surface area contributed by atoms with Crippen LogP contribution < -0.4 is 15.0 Å². The Labute approximate surface area is 157 Å². The molecule has 0 atom stereocenters. The smallest absolute Gasteiger partial charge is 0.321 e. The molecule has 27 heavy (non-hydrogen) atoms. The first kappa shape index (κ1) is 18.3. The van der Waals surface area contributed by atoms with Crippen LogP contribution in [0.4, 0.5) is 5.95 Å². The maximum Gasteiger partial charge on any atom is 0.321 e. The minimum absolute atomic E-state index is 0.143. The predicted molar refractivity (Wildman–Crippen MR) is 101 cm³/mol. The fraction of sp³-hybridized carbons (Fsp3) is 0.278. The molecule has 0 saturated carbocycles. The third-order valence-electron chi connectivity index (χ3n) is 3.82. The van der Waals surface area contributed by atoms with E-state index in [4.69, 9.17) is 4.74 Å². The summed E-state index contributed by atoms with van der Waals surface area (Å²) in [6, 6.07) is 11.6. The van der Waals surface area contributed by atoms with E-state index in [0.29, 0.717) is 17.5 Å². The molecule has 0 aliphatic carbocycles. The zero-order valence-corrected chi connectivity index (χ0v) is 15.7. The van der Waals surface area contributed by atoms with Crippen molar-refractivity contribution in [3.63, 3.8) is 0 Å². The molecule has 0 aliphatic heterocycles. The first-order valence-electron chi connectivity index (χ1n) is 8.32. The summed E-state index contributed by atoms with van der Waals surface area (Å²) in [5.74, 6) is 0.598. The van der Waals surface area contributed by atoms with Crippen molar-refractivity contribution in [3.8, 4) is 17.3 Å². The average Bonchev–Trinajstić information content (AvgIpc) is 3.08. The van der Waals surface area contributed by atoms with E-state index in [-0.39, 0.29) is 18.5 Å². The Hall–Kier alpha value is -3.49. The maximum absolute atomic E-state index is 12.6. The van der Waals surface area contributed by atoms with E-state index in [2.05, 4.69) is 25.4 Å². The Balaban J connectivity index is 1.75. The number of carbonyl (C=O) groups is 1. The molecule has 1 N–H and O–H groups in total. The van der Waals surface area contributed by atoms with Gasteiger partial charge in [-0.25, -0.2) is 0 Å². The fourth-order valence-electron chi connectivity index (χ4n) is 2.44. The Kier molecular flexibility index (Phi) is 5.30. The van der Waals surface area contributed by atoms with Crippen molar-refractivity contribution in [2.75, 3.05) is 26.1 Å². The van der Waals surface area contributed by atoms with Gasteiger partial charge in [0.1, 0.15) is 5.69 Å². The van der Waals surface area contributed by atoms with Gasteiger partial charge in [-0.05, 0) is 6.07 Å². The first-order chi connectivity index (χ1) is 13.0. The number of hydrogen-bond acceptors (Lipinski definition) is 7. The number of methoxy groups -OCH3 is 1. The van der Waals surface area contributed by atoms with E-state index in [9.17, 15) is 4.79 Å². The molecule has 0 bridgehead atoms. The molecule has 0 unspecified atom stereocenters. The molecule has 3 aromatic rings. The second kappa shape index (κ2) is 7.81. The minimum atomic E-state index is -0.266. The summed E-state index contributed by atoms with van der Waals surface area (Å²) in [6.45, 7) is 0.143. The highest BCUT2D eigenvalue weighted by molar-refractivity contribution is 5.93. The summed E-state index contributed by atoms with van der Waals surface area (Å²) < 4.78 is 6.65. The number of benzene rings is 1. The lowest BCUT2D eigenvalue weighted by Crippen LogP contribution is -2.26. The van der Waals surface area contributed by atoms with E-state index >= 15 is 0 Å². The van der Waals surface area contributed by atoms with Crippen LogP contribution in [0.15, 0.2) is 36.4 Å². The molecular weight excluding hydrogens is 346 g/mol. The van der Waals surface area contributed by atoms with Crippen molar-refractivity contribution in [3.05, 3.63) is 47.9 Å². The lowest BCUT2D eigenvalue weighted by molar-refractivity contribution is 0.0940. The van der Waals surface area contributed by atoms with Crippen LogP contribution >= 0.6 is 0 Å². The Morgan fingerprint density at radius 3 is 2.59 bits per heavy atom. The summed E-state index contributed by atoms with van der Waals surface area (Å²) >= 11 is 0. The Bertz CT molecular complexity index is 938. The lowest BCUT2D eigenvalue weighted by Gasteiger charge is -2.12. The van der Waals surface area contributed by atoms with Crippen molar-refractivity contribution >= 4 is 11.9 Å². The van der Waals surface area contributed by atoms with Crippen molar-refractivity contribution in [1.29, 1.82) is 0 Å². The summed E-state index contributed by atoms with van der Waals surface area (Å²) in [6.07, 6.45) is 0. The molecule has 3 rings (SSSR count). The van der Waals surface area contributed by atoms with Gasteiger partial charge in [-0.1, -0.05) is 30.3 Å². The third kappa shape index (κ3) is 4.20. The van der Waals surface area contributed by atoms with Crippen LogP contribution in [-0.4, -0.2) is 51.8 Å². The molecule has 1 aromatic carbocycles. The number of amides is 1. The summed E-state index contributed by atoms with van der Waals surface area (Å²) in [5.41, 5.74) is 2.13. The van der Waals surface area contributed by atoms with Gasteiger partial charge in [-0.3, -0.25) is 9.48 Å². The second-order valence-electron chi connectivity index (χ2n) is 6.02. The summed E-state index contributed by atoms with van der Waals surface area (Å²) in [4.78, 5) is 26.9. The number of ether oxygens (including phenoxy) is 1. The number of rotatable bonds is 6. The van der Waals surface area contributed by atoms with Gasteiger partial charge in [-0.2, -0.15) is 20.1 Å². The molecule has 0 fully saturated rings. The first-order valence-corrected chi connectivity index (χ1v) is 8.32. The van der Waals surface area contributed by atoms with Gasteiger partial charge in [0.05, 0.1) is 19.3 Å². The number of aromatic nitrogens is 5. The van der Waals surface area contributed by atoms with Gasteiger partial charge in [0.25, 0.3) is 5.91 Å². The molecule has 9 heteroatoms. The van der Waals surface area contributed by atoms with Crippen molar-refractivity contribution in [2.24, 2.45) is 7.05 Å². The predicted octanol–water partition coefficient (Wildman–Crippen LogP) is 1.28. The molecule has 9 nitrogen and oxygen atoms in total. The highest BCUT2D eigenvalue weighted by atomic mass is 16.5. The van der Waals surface area contributed by atoms with Crippen LogP contribution in [0.3, 0.4) is 0 Å². The quantitative estimate of drug-likeness (QED) is 0.701. The van der Waals surface area contributed by atoms with Gasteiger partial charge in [0.2, 0.25) is 5.95 Å². The molecular formula is C18H21N7O2. The zero-order chi connectivity index (χ0) is 19.4. The Morgan fingerprint density at radius 2 is 1.93 bits per heavy atom. The fourth-order valence-corrected chi connectivity index (χ4v) is 2.44. The van der Waals surface area contributed by atoms with Crippen LogP contribution in [0, 0.1) is 0 Å². The van der Waals surface area contributed by atoms with Crippen molar-refractivity contribution < 1.29 is 9.53 Å². The average molecular weight is 367 g/mol. The number of hydrogen-bond donors (Lipinski definition) is 1. The van der Waals surface area contributed by atoms with Gasteiger partial charge >= 0.3 is 6.01 Å². The molecule has 2 heterocycles. The van der Waals surface area contributed by atoms with Crippen LogP contribution in [0.25, 0.3) is 11.3 Å². The SMILES string of the molecule is COc1nc(CNC(=O)c2cc(-c3ccccc3)nn2C)nc(N(C)C)n1. The number of nitrogens with one attached hydrogen (secondary N) is 1. The second-order valence-corrected chi connectivity index (χ2v) is 6.02. The molecule has 0 radical (unpaired) electrons. The third-order valence-corrected chi connectivity index (χ3v) is 3.82. The summed E-state index contributed by atoms with van der Waals surface area (Å²) in [5, 5.41) is 7.22. The normalized spacial score (nSPS) is 10.5. The number of anilines is 1. The van der Waals surface area contributed by atoms with E-state index in [0.717, 1.165) is 11.3 Å². The van der Waals surface area contributed by atoms with Gasteiger partial charge < -0.3 is 15.0 Å². The van der Waals surface area contributed by atoms with Gasteiger partial charge in [0.15, 0.2) is 5.82 Å². The molecule has 0 spiro atoms. The largest absolute Gasteiger partial charge is 0.467 e. The number of carbonyl (C=O) groups excluding carboxylic acids is 1. The molecule has 2 aromatic heterocycles. The van der Waals surface area contributed by atoms with Crippen molar-refractivity contribution in [1.82, 2.24) is 30.0 Å². The molecule has 1 amide bonds. The maximum atomic E-state index is 12.6. The monoisotopic (exact) mass is 367 g/mol. The van der Waals surface area contributed by atoms with Crippen LogP contribution in [0.1, 0.15) is 16.3 Å². The Morgan fingerprint density at radius 1 is 1.19 bits per heavy atom. The molecule has 140 valence electrons. The topological polar surface area (TPSA) is 98.1 Å². The lowest BCUT2D eigenvalue weighted by atomic mass is 10.1. The van der Waals surface area contributed by atoms with E-state index in [1.807, 2.05) is 44.4 Å². The van der Waals surface area contributed by atoms with Crippen LogP contribution in [-0.2, 0) is 13.6 Å². The standard InChI is InChI=1S/C18H21N7O2/c1-24(2)17-20-15(21-18(22-17)27-4)11-19-16(26)14-10-13(23-25(14)3)12-8-6-5-7-9-12/h5-10H,11H2,1-4H3,(H,19,26). The zero-order valence-electron chi connectivity index (χ0n) is 15.7. The van der Waals surface area contributed by atoms with Crippen molar-refractivity contribution in [2.45, 2.75) is 6.54 Å². The summed E-state index contributed by atoms with van der Waals surface area (Å²) in [7, 11) is 6.85. The highest BCUT2D eigenvalue weighted by Gasteiger charge is 2.15. The van der Waals surface area contributed by atoms with Gasteiger partial charge in [0, 0.05) is 26.7 Å². The molecule has 0 saturated heterocycles.